The Morgan fingerprint density at radius 3 is 1.35 bits per heavy atom. The second kappa shape index (κ2) is 11.0. The van der Waals surface area contributed by atoms with Gasteiger partial charge in [0.1, 0.15) is 0 Å². The molecule has 0 unspecified atom stereocenters. The van der Waals surface area contributed by atoms with Crippen LogP contribution in [0.2, 0.25) is 0 Å². The van der Waals surface area contributed by atoms with Crippen LogP contribution in [0.3, 0.4) is 0 Å². The van der Waals surface area contributed by atoms with Gasteiger partial charge in [0.05, 0.1) is 0 Å². The predicted octanol–water partition coefficient (Wildman–Crippen LogP) is 13.2. The summed E-state index contributed by atoms with van der Waals surface area (Å²) in [6.45, 7) is 0. The van der Waals surface area contributed by atoms with Gasteiger partial charge in [0, 0.05) is 37.2 Å². The molecular formula is C44H29NS. The van der Waals surface area contributed by atoms with Crippen LogP contribution in [-0.4, -0.2) is 0 Å². The fourth-order valence-corrected chi connectivity index (χ4v) is 7.78. The zero-order chi connectivity index (χ0) is 30.5. The monoisotopic (exact) mass is 603 g/mol. The van der Waals surface area contributed by atoms with Crippen molar-refractivity contribution in [3.8, 4) is 22.3 Å². The molecule has 0 spiro atoms. The Labute approximate surface area is 272 Å². The van der Waals surface area contributed by atoms with E-state index in [0.717, 1.165) is 17.1 Å². The van der Waals surface area contributed by atoms with Crippen LogP contribution in [0.15, 0.2) is 176 Å². The molecule has 8 aromatic carbocycles. The molecule has 9 rings (SSSR count). The third-order valence-electron chi connectivity index (χ3n) is 9.04. The molecule has 0 atom stereocenters. The third kappa shape index (κ3) is 4.72. The quantitative estimate of drug-likeness (QED) is 0.189. The fourth-order valence-electron chi connectivity index (χ4n) is 6.64. The molecule has 0 radical (unpaired) electrons. The largest absolute Gasteiger partial charge is 0.310 e. The second-order valence-corrected chi connectivity index (χ2v) is 12.9. The van der Waals surface area contributed by atoms with Crippen LogP contribution in [0.25, 0.3) is 64.0 Å². The van der Waals surface area contributed by atoms with Crippen LogP contribution in [-0.2, 0) is 0 Å². The minimum absolute atomic E-state index is 1.13. The van der Waals surface area contributed by atoms with Gasteiger partial charge in [0.2, 0.25) is 0 Å². The maximum atomic E-state index is 2.37. The van der Waals surface area contributed by atoms with E-state index in [1.54, 1.807) is 0 Å². The van der Waals surface area contributed by atoms with Crippen molar-refractivity contribution in [2.45, 2.75) is 0 Å². The summed E-state index contributed by atoms with van der Waals surface area (Å²) in [4.78, 5) is 2.37. The number of rotatable bonds is 5. The highest BCUT2D eigenvalue weighted by Gasteiger charge is 2.15. The summed E-state index contributed by atoms with van der Waals surface area (Å²) in [7, 11) is 0. The van der Waals surface area contributed by atoms with Gasteiger partial charge in [0.15, 0.2) is 0 Å². The van der Waals surface area contributed by atoms with Gasteiger partial charge in [-0.3, -0.25) is 0 Å². The van der Waals surface area contributed by atoms with E-state index in [9.17, 15) is 0 Å². The molecule has 0 bridgehead atoms. The molecule has 2 heteroatoms. The van der Waals surface area contributed by atoms with Gasteiger partial charge in [-0.1, -0.05) is 121 Å². The number of hydrogen-bond donors (Lipinski definition) is 0. The summed E-state index contributed by atoms with van der Waals surface area (Å²) in [5.74, 6) is 0. The lowest BCUT2D eigenvalue weighted by Gasteiger charge is -2.26. The van der Waals surface area contributed by atoms with Gasteiger partial charge in [-0.15, -0.1) is 11.3 Å². The van der Waals surface area contributed by atoms with Crippen LogP contribution in [0.4, 0.5) is 17.1 Å². The standard InChI is InChI=1S/C44H29NS/c1-3-9-34-27-36(15-13-30(34)7-1)32-17-21-38(22-18-32)45(40-25-26-42-41-11-5-6-12-43(41)46-44(42)29-40)39-23-19-33(20-24-39)37-16-14-31-8-2-4-10-35(31)28-37/h1-29H. The van der Waals surface area contributed by atoms with E-state index in [1.165, 1.54) is 64.0 Å². The summed E-state index contributed by atoms with van der Waals surface area (Å²) in [5.41, 5.74) is 8.27. The van der Waals surface area contributed by atoms with E-state index in [0.29, 0.717) is 0 Å². The summed E-state index contributed by atoms with van der Waals surface area (Å²) in [6, 6.07) is 64.0. The Balaban J connectivity index is 1.13. The molecule has 46 heavy (non-hydrogen) atoms. The smallest absolute Gasteiger partial charge is 0.0476 e. The molecule has 0 amide bonds. The van der Waals surface area contributed by atoms with E-state index in [4.69, 9.17) is 0 Å². The Hall–Kier alpha value is -5.70. The number of benzene rings is 8. The number of hydrogen-bond acceptors (Lipinski definition) is 2. The topological polar surface area (TPSA) is 3.24 Å². The summed E-state index contributed by atoms with van der Waals surface area (Å²) < 4.78 is 2.62. The minimum atomic E-state index is 1.13. The van der Waals surface area contributed by atoms with Crippen molar-refractivity contribution < 1.29 is 0 Å². The van der Waals surface area contributed by atoms with Crippen molar-refractivity contribution in [2.75, 3.05) is 4.90 Å². The van der Waals surface area contributed by atoms with Crippen molar-refractivity contribution in [3.63, 3.8) is 0 Å². The molecule has 216 valence electrons. The first kappa shape index (κ1) is 26.7. The molecule has 0 aliphatic carbocycles. The van der Waals surface area contributed by atoms with E-state index < -0.39 is 0 Å². The Morgan fingerprint density at radius 1 is 0.304 bits per heavy atom. The molecule has 1 aromatic heterocycles. The first-order valence-electron chi connectivity index (χ1n) is 15.7. The summed E-state index contributed by atoms with van der Waals surface area (Å²) in [5, 5.41) is 7.67. The molecule has 1 nitrogen and oxygen atoms in total. The average molecular weight is 604 g/mol. The summed E-state index contributed by atoms with van der Waals surface area (Å²) >= 11 is 1.86. The minimum Gasteiger partial charge on any atom is -0.310 e. The molecule has 0 fully saturated rings. The molecule has 1 heterocycles. The normalized spacial score (nSPS) is 11.5. The highest BCUT2D eigenvalue weighted by molar-refractivity contribution is 7.25. The van der Waals surface area contributed by atoms with Crippen molar-refractivity contribution in [3.05, 3.63) is 176 Å². The Morgan fingerprint density at radius 2 is 0.761 bits per heavy atom. The van der Waals surface area contributed by atoms with Crippen molar-refractivity contribution in [1.29, 1.82) is 0 Å². The lowest BCUT2D eigenvalue weighted by Crippen LogP contribution is -2.09. The molecule has 9 aromatic rings. The van der Waals surface area contributed by atoms with Crippen LogP contribution in [0.5, 0.6) is 0 Å². The third-order valence-corrected chi connectivity index (χ3v) is 10.2. The number of anilines is 3. The summed E-state index contributed by atoms with van der Waals surface area (Å²) in [6.07, 6.45) is 0. The van der Waals surface area contributed by atoms with Gasteiger partial charge >= 0.3 is 0 Å². The van der Waals surface area contributed by atoms with Gasteiger partial charge in [-0.2, -0.15) is 0 Å². The van der Waals surface area contributed by atoms with Crippen molar-refractivity contribution in [1.82, 2.24) is 0 Å². The maximum absolute atomic E-state index is 2.37. The molecule has 0 saturated heterocycles. The van der Waals surface area contributed by atoms with Crippen LogP contribution in [0.1, 0.15) is 0 Å². The Kier molecular flexibility index (Phi) is 6.40. The van der Waals surface area contributed by atoms with Crippen molar-refractivity contribution in [2.24, 2.45) is 0 Å². The van der Waals surface area contributed by atoms with Crippen molar-refractivity contribution >= 4 is 70.1 Å². The highest BCUT2D eigenvalue weighted by Crippen LogP contribution is 2.41. The fraction of sp³-hybridized carbons (Fsp3) is 0. The lowest BCUT2D eigenvalue weighted by molar-refractivity contribution is 1.29. The van der Waals surface area contributed by atoms with Gasteiger partial charge in [-0.25, -0.2) is 0 Å². The average Bonchev–Trinajstić information content (AvgIpc) is 3.50. The van der Waals surface area contributed by atoms with E-state index in [2.05, 4.69) is 181 Å². The zero-order valence-electron chi connectivity index (χ0n) is 25.1. The Bertz CT molecular complexity index is 2400. The molecular weight excluding hydrogens is 575 g/mol. The van der Waals surface area contributed by atoms with Gasteiger partial charge in [0.25, 0.3) is 0 Å². The molecule has 0 N–H and O–H groups in total. The van der Waals surface area contributed by atoms with E-state index >= 15 is 0 Å². The van der Waals surface area contributed by atoms with Gasteiger partial charge < -0.3 is 4.90 Å². The van der Waals surface area contributed by atoms with Gasteiger partial charge in [-0.05, 0) is 98.4 Å². The number of fused-ring (bicyclic) bond motifs is 5. The first-order valence-corrected chi connectivity index (χ1v) is 16.5. The molecule has 0 saturated carbocycles. The number of thiophene rings is 1. The number of nitrogens with zero attached hydrogens (tertiary/aromatic N) is 1. The zero-order valence-corrected chi connectivity index (χ0v) is 25.9. The van der Waals surface area contributed by atoms with E-state index in [1.807, 2.05) is 11.3 Å². The highest BCUT2D eigenvalue weighted by atomic mass is 32.1. The second-order valence-electron chi connectivity index (χ2n) is 11.8. The van der Waals surface area contributed by atoms with Crippen LogP contribution >= 0.6 is 11.3 Å². The molecule has 0 aliphatic heterocycles. The van der Waals surface area contributed by atoms with Crippen LogP contribution < -0.4 is 4.90 Å². The molecule has 0 aliphatic rings. The van der Waals surface area contributed by atoms with Crippen LogP contribution in [0, 0.1) is 0 Å². The van der Waals surface area contributed by atoms with E-state index in [-0.39, 0.29) is 0 Å². The maximum Gasteiger partial charge on any atom is 0.0476 e. The predicted molar refractivity (Wildman–Crippen MR) is 200 cm³/mol. The lowest BCUT2D eigenvalue weighted by atomic mass is 10.00. The first-order chi connectivity index (χ1) is 22.8. The SMILES string of the molecule is c1ccc2cc(-c3ccc(N(c4ccc(-c5ccc6ccccc6c5)cc4)c4ccc5c(c4)sc4ccccc45)cc3)ccc2c1.